The molecule has 0 bridgehead atoms. The Balaban J connectivity index is 3.00. The summed E-state index contributed by atoms with van der Waals surface area (Å²) in [5, 5.41) is 8.35. The monoisotopic (exact) mass is 242 g/mol. The number of Topliss-reactive ketones (excluding diaryl/α,β-unsaturated/α-hetero) is 1. The fraction of sp³-hybridized carbons (Fsp3) is 0.273. The van der Waals surface area contributed by atoms with Crippen LogP contribution in [0.4, 0.5) is 4.39 Å². The van der Waals surface area contributed by atoms with Crippen LogP contribution in [0.15, 0.2) is 18.2 Å². The summed E-state index contributed by atoms with van der Waals surface area (Å²) in [7, 11) is 1.31. The number of halogens is 1. The number of rotatable bonds is 5. The minimum absolute atomic E-state index is 0.0765. The lowest BCUT2D eigenvalue weighted by molar-refractivity contribution is -0.153. The number of hydrogen-bond acceptors (Lipinski definition) is 4. The van der Waals surface area contributed by atoms with Crippen LogP contribution in [0.1, 0.15) is 17.3 Å². The van der Waals surface area contributed by atoms with E-state index in [9.17, 15) is 14.0 Å². The average molecular weight is 242 g/mol. The third-order valence-electron chi connectivity index (χ3n) is 1.99. The van der Waals surface area contributed by atoms with E-state index in [0.29, 0.717) is 5.56 Å². The van der Waals surface area contributed by atoms with Gasteiger partial charge in [0, 0.05) is 5.56 Å². The van der Waals surface area contributed by atoms with Gasteiger partial charge in [0.05, 0.1) is 7.11 Å². The maximum Gasteiger partial charge on any atom is 0.378 e. The molecule has 0 fully saturated rings. The Hall–Kier alpha value is -2.11. The van der Waals surface area contributed by atoms with Crippen molar-refractivity contribution in [2.24, 2.45) is 0 Å². The molecule has 0 spiro atoms. The van der Waals surface area contributed by atoms with Gasteiger partial charge in [-0.05, 0) is 25.1 Å². The van der Waals surface area contributed by atoms with Gasteiger partial charge in [-0.3, -0.25) is 4.79 Å². The first-order chi connectivity index (χ1) is 7.95. The van der Waals surface area contributed by atoms with Crippen molar-refractivity contribution in [2.45, 2.75) is 13.3 Å². The zero-order chi connectivity index (χ0) is 13.0. The van der Waals surface area contributed by atoms with Gasteiger partial charge >= 0.3 is 12.3 Å². The number of hydrogen-bond donors (Lipinski definition) is 1. The second kappa shape index (κ2) is 5.29. The van der Waals surface area contributed by atoms with Crippen LogP contribution < -0.4 is 9.47 Å². The summed E-state index contributed by atoms with van der Waals surface area (Å²) in [4.78, 5) is 21.4. The van der Waals surface area contributed by atoms with E-state index in [4.69, 9.17) is 9.84 Å². The van der Waals surface area contributed by atoms with Crippen molar-refractivity contribution >= 4 is 11.8 Å². The predicted octanol–water partition coefficient (Wildman–Crippen LogP) is 1.66. The molecule has 1 aromatic carbocycles. The van der Waals surface area contributed by atoms with E-state index in [-0.39, 0.29) is 17.3 Å². The number of aliphatic carboxylic acids is 1. The number of alkyl halides is 1. The highest BCUT2D eigenvalue weighted by Gasteiger charge is 2.19. The fourth-order valence-electron chi connectivity index (χ4n) is 1.15. The number of carbonyl (C=O) groups excluding carboxylic acids is 1. The molecule has 1 atom stereocenters. The van der Waals surface area contributed by atoms with E-state index in [0.717, 1.165) is 0 Å². The maximum absolute atomic E-state index is 12.8. The second-order valence-electron chi connectivity index (χ2n) is 3.19. The Morgan fingerprint density at radius 1 is 1.35 bits per heavy atom. The van der Waals surface area contributed by atoms with Crippen LogP contribution in [0.3, 0.4) is 0 Å². The molecule has 0 amide bonds. The molecule has 0 radical (unpaired) electrons. The minimum Gasteiger partial charge on any atom is -0.493 e. The molecule has 6 heteroatoms. The first-order valence-electron chi connectivity index (χ1n) is 4.68. The van der Waals surface area contributed by atoms with E-state index in [1.165, 1.54) is 32.2 Å². The summed E-state index contributed by atoms with van der Waals surface area (Å²) in [5.74, 6) is -1.90. The van der Waals surface area contributed by atoms with Crippen LogP contribution in [0.25, 0.3) is 0 Å². The van der Waals surface area contributed by atoms with E-state index in [2.05, 4.69) is 4.74 Å². The van der Waals surface area contributed by atoms with Gasteiger partial charge in [-0.2, -0.15) is 4.39 Å². The van der Waals surface area contributed by atoms with E-state index in [1.54, 1.807) is 0 Å². The van der Waals surface area contributed by atoms with Crippen molar-refractivity contribution in [2.75, 3.05) is 7.11 Å². The van der Waals surface area contributed by atoms with Crippen LogP contribution in [0.5, 0.6) is 11.5 Å². The zero-order valence-corrected chi connectivity index (χ0v) is 9.27. The normalized spacial score (nSPS) is 11.7. The van der Waals surface area contributed by atoms with Crippen LogP contribution in [0, 0.1) is 0 Å². The molecule has 0 saturated heterocycles. The number of ketones is 1. The highest BCUT2D eigenvalue weighted by molar-refractivity contribution is 5.94. The number of carboxylic acids is 1. The van der Waals surface area contributed by atoms with Gasteiger partial charge < -0.3 is 14.6 Å². The van der Waals surface area contributed by atoms with E-state index >= 15 is 0 Å². The molecule has 1 rings (SSSR count). The van der Waals surface area contributed by atoms with Crippen molar-refractivity contribution in [1.82, 2.24) is 0 Å². The molecule has 0 saturated carbocycles. The van der Waals surface area contributed by atoms with Gasteiger partial charge in [0.2, 0.25) is 0 Å². The molecule has 92 valence electrons. The minimum atomic E-state index is -2.48. The SMILES string of the molecule is COc1cc(C(C)=O)ccc1OC(F)C(=O)O. The number of methoxy groups -OCH3 is 1. The highest BCUT2D eigenvalue weighted by Crippen LogP contribution is 2.29. The Labute approximate surface area is 96.8 Å². The van der Waals surface area contributed by atoms with Crippen LogP contribution in [-0.2, 0) is 4.79 Å². The molecule has 0 aromatic heterocycles. The molecular weight excluding hydrogens is 231 g/mol. The van der Waals surface area contributed by atoms with Crippen molar-refractivity contribution in [3.63, 3.8) is 0 Å². The standard InChI is InChI=1S/C11H11FO5/c1-6(13)7-3-4-8(9(5-7)16-2)17-10(12)11(14)15/h3-5,10H,1-2H3,(H,14,15). The van der Waals surface area contributed by atoms with Crippen LogP contribution >= 0.6 is 0 Å². The summed E-state index contributed by atoms with van der Waals surface area (Å²) >= 11 is 0. The topological polar surface area (TPSA) is 72.8 Å². The Morgan fingerprint density at radius 3 is 2.47 bits per heavy atom. The van der Waals surface area contributed by atoms with Gasteiger partial charge in [-0.15, -0.1) is 0 Å². The average Bonchev–Trinajstić information content (AvgIpc) is 2.28. The highest BCUT2D eigenvalue weighted by atomic mass is 19.1. The van der Waals surface area contributed by atoms with Crippen LogP contribution in [-0.4, -0.2) is 30.3 Å². The number of ether oxygens (including phenoxy) is 2. The molecule has 17 heavy (non-hydrogen) atoms. The molecular formula is C11H11FO5. The summed E-state index contributed by atoms with van der Waals surface area (Å²) in [5.41, 5.74) is 0.361. The molecule has 0 aliphatic heterocycles. The largest absolute Gasteiger partial charge is 0.493 e. The lowest BCUT2D eigenvalue weighted by atomic mass is 10.1. The molecule has 1 aromatic rings. The summed E-state index contributed by atoms with van der Waals surface area (Å²) in [6, 6.07) is 4.03. The van der Waals surface area contributed by atoms with Crippen molar-refractivity contribution in [3.8, 4) is 11.5 Å². The summed E-state index contributed by atoms with van der Waals surface area (Å²) in [6.45, 7) is 1.37. The molecule has 5 nitrogen and oxygen atoms in total. The van der Waals surface area contributed by atoms with Crippen molar-refractivity contribution < 1.29 is 28.6 Å². The Morgan fingerprint density at radius 2 is 2.00 bits per heavy atom. The molecule has 0 aliphatic carbocycles. The van der Waals surface area contributed by atoms with E-state index < -0.39 is 12.3 Å². The zero-order valence-electron chi connectivity index (χ0n) is 9.27. The van der Waals surface area contributed by atoms with Crippen LogP contribution in [0.2, 0.25) is 0 Å². The maximum atomic E-state index is 12.8. The Kier molecular flexibility index (Phi) is 4.03. The quantitative estimate of drug-likeness (QED) is 0.795. The molecule has 0 aliphatic rings. The van der Waals surface area contributed by atoms with Gasteiger partial charge in [0.25, 0.3) is 0 Å². The second-order valence-corrected chi connectivity index (χ2v) is 3.19. The van der Waals surface area contributed by atoms with Gasteiger partial charge in [0.15, 0.2) is 17.3 Å². The lowest BCUT2D eigenvalue weighted by Crippen LogP contribution is -2.21. The fourth-order valence-corrected chi connectivity index (χ4v) is 1.15. The van der Waals surface area contributed by atoms with Crippen molar-refractivity contribution in [3.05, 3.63) is 23.8 Å². The number of carboxylic acid groups (broad SMARTS) is 1. The first-order valence-corrected chi connectivity index (χ1v) is 4.68. The molecule has 1 N–H and O–H groups in total. The van der Waals surface area contributed by atoms with Gasteiger partial charge in [-0.1, -0.05) is 0 Å². The summed E-state index contributed by atoms with van der Waals surface area (Å²) in [6.07, 6.45) is -2.48. The molecule has 0 heterocycles. The number of carbonyl (C=O) groups is 2. The third kappa shape index (κ3) is 3.17. The first kappa shape index (κ1) is 13.0. The lowest BCUT2D eigenvalue weighted by Gasteiger charge is -2.12. The predicted molar refractivity (Wildman–Crippen MR) is 56.2 cm³/mol. The van der Waals surface area contributed by atoms with Gasteiger partial charge in [-0.25, -0.2) is 4.79 Å². The smallest absolute Gasteiger partial charge is 0.378 e. The van der Waals surface area contributed by atoms with E-state index in [1.807, 2.05) is 0 Å². The Bertz CT molecular complexity index is 443. The third-order valence-corrected chi connectivity index (χ3v) is 1.99. The van der Waals surface area contributed by atoms with Crippen molar-refractivity contribution in [1.29, 1.82) is 0 Å². The van der Waals surface area contributed by atoms with Gasteiger partial charge in [0.1, 0.15) is 0 Å². The number of benzene rings is 1. The molecule has 1 unspecified atom stereocenters. The summed E-state index contributed by atoms with van der Waals surface area (Å²) < 4.78 is 22.3.